The molecule has 2 nitrogen and oxygen atoms in total. The number of hydrogen-bond donors (Lipinski definition) is 0. The average Bonchev–Trinajstić information content (AvgIpc) is 3.04. The van der Waals surface area contributed by atoms with E-state index in [-0.39, 0.29) is 0 Å². The molecule has 18 heavy (non-hydrogen) atoms. The van der Waals surface area contributed by atoms with E-state index in [9.17, 15) is 0 Å². The van der Waals surface area contributed by atoms with E-state index < -0.39 is 0 Å². The van der Waals surface area contributed by atoms with Crippen molar-refractivity contribution in [2.24, 2.45) is 0 Å². The van der Waals surface area contributed by atoms with Gasteiger partial charge in [-0.3, -0.25) is 4.98 Å². The normalized spacial score (nSPS) is 11.3. The summed E-state index contributed by atoms with van der Waals surface area (Å²) < 4.78 is 1.26. The molecule has 0 spiro atoms. The molecule has 0 aliphatic heterocycles. The van der Waals surface area contributed by atoms with Crippen LogP contribution in [0.3, 0.4) is 0 Å². The topological polar surface area (TPSA) is 25.8 Å². The Morgan fingerprint density at radius 3 is 2.94 bits per heavy atom. The minimum Gasteiger partial charge on any atom is -0.264 e. The van der Waals surface area contributed by atoms with Crippen molar-refractivity contribution >= 4 is 43.7 Å². The van der Waals surface area contributed by atoms with Crippen molar-refractivity contribution in [2.75, 3.05) is 0 Å². The molecule has 0 aliphatic carbocycles. The fourth-order valence-electron chi connectivity index (χ4n) is 2.00. The minimum absolute atomic E-state index is 1.04. The van der Waals surface area contributed by atoms with Crippen molar-refractivity contribution in [1.82, 2.24) is 9.97 Å². The standard InChI is InChI=1S/C14H8N2S2/c1-2-11(16-12-8-17-7-9(1)12)14-5-10-6-15-4-3-13(10)18-14/h1-8H. The summed E-state index contributed by atoms with van der Waals surface area (Å²) in [5, 5.41) is 6.62. The molecule has 0 aromatic carbocycles. The van der Waals surface area contributed by atoms with Gasteiger partial charge < -0.3 is 0 Å². The molecule has 0 amide bonds. The van der Waals surface area contributed by atoms with Crippen LogP contribution < -0.4 is 0 Å². The number of hydrogen-bond acceptors (Lipinski definition) is 4. The molecule has 0 N–H and O–H groups in total. The van der Waals surface area contributed by atoms with Gasteiger partial charge in [0.2, 0.25) is 0 Å². The molecule has 0 aliphatic rings. The highest BCUT2D eigenvalue weighted by atomic mass is 32.1. The molecule has 0 unspecified atom stereocenters. The fourth-order valence-corrected chi connectivity index (χ4v) is 3.73. The van der Waals surface area contributed by atoms with Crippen molar-refractivity contribution in [1.29, 1.82) is 0 Å². The second-order valence-corrected chi connectivity index (χ2v) is 5.89. The van der Waals surface area contributed by atoms with Crippen molar-refractivity contribution in [3.8, 4) is 10.6 Å². The van der Waals surface area contributed by atoms with Crippen molar-refractivity contribution < 1.29 is 0 Å². The van der Waals surface area contributed by atoms with E-state index >= 15 is 0 Å². The van der Waals surface area contributed by atoms with Crippen LogP contribution in [0.2, 0.25) is 0 Å². The van der Waals surface area contributed by atoms with E-state index in [1.54, 1.807) is 22.7 Å². The first-order chi connectivity index (χ1) is 8.90. The maximum absolute atomic E-state index is 4.70. The van der Waals surface area contributed by atoms with Gasteiger partial charge in [-0.25, -0.2) is 4.98 Å². The molecular formula is C14H8N2S2. The lowest BCUT2D eigenvalue weighted by atomic mass is 10.2. The van der Waals surface area contributed by atoms with Gasteiger partial charge in [-0.05, 0) is 24.3 Å². The van der Waals surface area contributed by atoms with Crippen molar-refractivity contribution in [2.45, 2.75) is 0 Å². The molecule has 4 heteroatoms. The molecule has 0 radical (unpaired) electrons. The first-order valence-electron chi connectivity index (χ1n) is 5.57. The molecule has 0 saturated carbocycles. The maximum atomic E-state index is 4.70. The first kappa shape index (κ1) is 10.2. The van der Waals surface area contributed by atoms with Crippen molar-refractivity contribution in [3.05, 3.63) is 47.4 Å². The van der Waals surface area contributed by atoms with Crippen LogP contribution in [0.25, 0.3) is 31.6 Å². The summed E-state index contributed by atoms with van der Waals surface area (Å²) in [6.07, 6.45) is 3.73. The molecule has 4 heterocycles. The Labute approximate surface area is 112 Å². The van der Waals surface area contributed by atoms with Crippen molar-refractivity contribution in [3.63, 3.8) is 0 Å². The molecule has 4 aromatic heterocycles. The van der Waals surface area contributed by atoms with Gasteiger partial charge in [0.1, 0.15) is 0 Å². The van der Waals surface area contributed by atoms with Gasteiger partial charge in [-0.1, -0.05) is 0 Å². The Morgan fingerprint density at radius 1 is 1.00 bits per heavy atom. The Balaban J connectivity index is 1.94. The molecule has 0 fully saturated rings. The van der Waals surface area contributed by atoms with Crippen LogP contribution in [0, 0.1) is 0 Å². The maximum Gasteiger partial charge on any atom is 0.0816 e. The van der Waals surface area contributed by atoms with Gasteiger partial charge in [0.25, 0.3) is 0 Å². The Morgan fingerprint density at radius 2 is 2.00 bits per heavy atom. The van der Waals surface area contributed by atoms with Gasteiger partial charge >= 0.3 is 0 Å². The van der Waals surface area contributed by atoms with Crippen LogP contribution >= 0.6 is 22.7 Å². The summed E-state index contributed by atoms with van der Waals surface area (Å²) in [6.45, 7) is 0. The van der Waals surface area contributed by atoms with Gasteiger partial charge in [0.05, 0.1) is 16.1 Å². The number of pyridine rings is 2. The predicted molar refractivity (Wildman–Crippen MR) is 78.2 cm³/mol. The first-order valence-corrected chi connectivity index (χ1v) is 7.33. The van der Waals surface area contributed by atoms with E-state index in [4.69, 9.17) is 4.98 Å². The van der Waals surface area contributed by atoms with Gasteiger partial charge in [0.15, 0.2) is 0 Å². The highest BCUT2D eigenvalue weighted by Gasteiger charge is 2.06. The zero-order chi connectivity index (χ0) is 11.9. The molecule has 0 atom stereocenters. The van der Waals surface area contributed by atoms with Crippen LogP contribution in [-0.4, -0.2) is 9.97 Å². The Kier molecular flexibility index (Phi) is 2.18. The number of nitrogens with zero attached hydrogens (tertiary/aromatic N) is 2. The molecular weight excluding hydrogens is 260 g/mol. The fraction of sp³-hybridized carbons (Fsp3) is 0. The minimum atomic E-state index is 1.04. The SMILES string of the molecule is c1cc2sc(-c3ccc4cscc4n3)cc2cn1. The lowest BCUT2D eigenvalue weighted by Gasteiger charge is -1.96. The zero-order valence-electron chi connectivity index (χ0n) is 9.33. The van der Waals surface area contributed by atoms with Crippen LogP contribution in [0.15, 0.2) is 47.4 Å². The highest BCUT2D eigenvalue weighted by Crippen LogP contribution is 2.33. The molecule has 4 rings (SSSR count). The second-order valence-electron chi connectivity index (χ2n) is 4.07. The zero-order valence-corrected chi connectivity index (χ0v) is 11.0. The largest absolute Gasteiger partial charge is 0.264 e. The lowest BCUT2D eigenvalue weighted by molar-refractivity contribution is 1.37. The van der Waals surface area contributed by atoms with E-state index in [2.05, 4.69) is 33.9 Å². The Bertz CT molecular complexity index is 812. The van der Waals surface area contributed by atoms with Gasteiger partial charge in [-0.2, -0.15) is 0 Å². The predicted octanol–water partition coefficient (Wildman–Crippen LogP) is 4.57. The lowest BCUT2D eigenvalue weighted by Crippen LogP contribution is -1.78. The molecule has 0 bridgehead atoms. The third-order valence-electron chi connectivity index (χ3n) is 2.90. The number of rotatable bonds is 1. The molecule has 4 aromatic rings. The third-order valence-corrected chi connectivity index (χ3v) is 4.79. The van der Waals surface area contributed by atoms with Crippen LogP contribution in [-0.2, 0) is 0 Å². The summed E-state index contributed by atoms with van der Waals surface area (Å²) >= 11 is 3.46. The van der Waals surface area contributed by atoms with E-state index in [1.165, 1.54) is 20.3 Å². The summed E-state index contributed by atoms with van der Waals surface area (Å²) in [6, 6.07) is 8.43. The average molecular weight is 268 g/mol. The van der Waals surface area contributed by atoms with Gasteiger partial charge in [0, 0.05) is 38.6 Å². The number of thiophene rings is 2. The summed E-state index contributed by atoms with van der Waals surface area (Å²) in [7, 11) is 0. The van der Waals surface area contributed by atoms with Crippen LogP contribution in [0.4, 0.5) is 0 Å². The van der Waals surface area contributed by atoms with E-state index in [0.29, 0.717) is 0 Å². The van der Waals surface area contributed by atoms with E-state index in [0.717, 1.165) is 11.2 Å². The van der Waals surface area contributed by atoms with Crippen LogP contribution in [0.1, 0.15) is 0 Å². The van der Waals surface area contributed by atoms with Gasteiger partial charge in [-0.15, -0.1) is 22.7 Å². The highest BCUT2D eigenvalue weighted by molar-refractivity contribution is 7.22. The number of aromatic nitrogens is 2. The molecule has 0 saturated heterocycles. The smallest absolute Gasteiger partial charge is 0.0816 e. The monoisotopic (exact) mass is 268 g/mol. The Hall–Kier alpha value is -1.78. The van der Waals surface area contributed by atoms with Crippen LogP contribution in [0.5, 0.6) is 0 Å². The second kappa shape index (κ2) is 3.86. The summed E-state index contributed by atoms with van der Waals surface area (Å²) in [5.74, 6) is 0. The quantitative estimate of drug-likeness (QED) is 0.505. The summed E-state index contributed by atoms with van der Waals surface area (Å²) in [4.78, 5) is 10.1. The summed E-state index contributed by atoms with van der Waals surface area (Å²) in [5.41, 5.74) is 2.12. The number of fused-ring (bicyclic) bond motifs is 2. The molecule has 86 valence electrons. The van der Waals surface area contributed by atoms with E-state index in [1.807, 2.05) is 18.5 Å². The third kappa shape index (κ3) is 1.54.